The quantitative estimate of drug-likeness (QED) is 0.266. The number of aliphatic hydroxyl groups is 1. The summed E-state index contributed by atoms with van der Waals surface area (Å²) in [5.74, 6) is -1.23. The van der Waals surface area contributed by atoms with Crippen LogP contribution in [0, 0.1) is 0 Å². The topological polar surface area (TPSA) is 101 Å². The van der Waals surface area contributed by atoms with Crippen molar-refractivity contribution in [2.45, 2.75) is 70.4 Å². The third-order valence-corrected chi connectivity index (χ3v) is 12.5. The van der Waals surface area contributed by atoms with E-state index in [1.54, 1.807) is 0 Å². The Morgan fingerprint density at radius 1 is 0.833 bits per heavy atom. The molecule has 3 aromatic carbocycles. The van der Waals surface area contributed by atoms with Gasteiger partial charge in [-0.2, -0.15) is 0 Å². The molecule has 4 atom stereocenters. The molecule has 1 N–H and O–H groups in total. The number of hydrogen-bond acceptors (Lipinski definition) is 8. The number of esters is 2. The van der Waals surface area contributed by atoms with Crippen LogP contribution in [-0.2, 0) is 39.6 Å². The molecule has 1 aliphatic rings. The lowest BCUT2D eigenvalue weighted by Gasteiger charge is -2.45. The first-order valence-corrected chi connectivity index (χ1v) is 16.0. The van der Waals surface area contributed by atoms with Gasteiger partial charge in [0.05, 0.1) is 19.8 Å². The Kier molecular flexibility index (Phi) is 10.0. The highest BCUT2D eigenvalue weighted by molar-refractivity contribution is 6.99. The number of rotatable bonds is 11. The van der Waals surface area contributed by atoms with E-state index in [-0.39, 0.29) is 18.3 Å². The van der Waals surface area contributed by atoms with Crippen molar-refractivity contribution in [3.05, 3.63) is 96.6 Å². The van der Waals surface area contributed by atoms with Gasteiger partial charge in [0, 0.05) is 13.8 Å². The lowest BCUT2D eigenvalue weighted by Crippen LogP contribution is -2.68. The molecule has 1 heterocycles. The zero-order chi connectivity index (χ0) is 30.4. The van der Waals surface area contributed by atoms with E-state index in [1.165, 1.54) is 13.8 Å². The van der Waals surface area contributed by atoms with Gasteiger partial charge >= 0.3 is 11.9 Å². The number of aliphatic hydroxyl groups excluding tert-OH is 1. The third-order valence-electron chi connectivity index (χ3n) is 7.51. The van der Waals surface area contributed by atoms with Gasteiger partial charge in [-0.05, 0) is 21.0 Å². The maximum absolute atomic E-state index is 12.2. The predicted octanol–water partition coefficient (Wildman–Crippen LogP) is 3.73. The third kappa shape index (κ3) is 6.66. The van der Waals surface area contributed by atoms with Gasteiger partial charge in [-0.25, -0.2) is 0 Å². The largest absolute Gasteiger partial charge is 0.453 e. The van der Waals surface area contributed by atoms with Crippen molar-refractivity contribution >= 4 is 30.6 Å². The Morgan fingerprint density at radius 3 is 1.79 bits per heavy atom. The normalized spacial score (nSPS) is 22.5. The second-order valence-electron chi connectivity index (χ2n) is 11.6. The molecule has 1 aliphatic heterocycles. The lowest BCUT2D eigenvalue weighted by atomic mass is 9.96. The smallest absolute Gasteiger partial charge is 0.305 e. The first-order chi connectivity index (χ1) is 20.0. The van der Waals surface area contributed by atoms with E-state index in [0.717, 1.165) is 15.9 Å². The van der Waals surface area contributed by atoms with E-state index in [9.17, 15) is 14.7 Å². The molecule has 8 nitrogen and oxygen atoms in total. The number of benzene rings is 3. The van der Waals surface area contributed by atoms with Gasteiger partial charge in [-0.1, -0.05) is 112 Å². The Labute approximate surface area is 248 Å². The monoisotopic (exact) mass is 592 g/mol. The van der Waals surface area contributed by atoms with Crippen LogP contribution in [0.1, 0.15) is 40.2 Å². The number of ether oxygens (including phenoxy) is 4. The summed E-state index contributed by atoms with van der Waals surface area (Å²) < 4.78 is 30.9. The fourth-order valence-corrected chi connectivity index (χ4v) is 10.3. The average Bonchev–Trinajstić information content (AvgIpc) is 3.24. The molecule has 0 spiro atoms. The predicted molar refractivity (Wildman–Crippen MR) is 161 cm³/mol. The van der Waals surface area contributed by atoms with Crippen LogP contribution in [0.5, 0.6) is 0 Å². The molecule has 1 unspecified atom stereocenters. The molecule has 0 amide bonds. The molecule has 9 heteroatoms. The Hall–Kier alpha value is -3.34. The highest BCUT2D eigenvalue weighted by Crippen LogP contribution is 2.41. The molecule has 3 aromatic rings. The van der Waals surface area contributed by atoms with Gasteiger partial charge < -0.3 is 28.5 Å². The Bertz CT molecular complexity index is 1270. The molecule has 1 fully saturated rings. The molecule has 224 valence electrons. The summed E-state index contributed by atoms with van der Waals surface area (Å²) in [5, 5.41) is 12.7. The Balaban J connectivity index is 1.80. The van der Waals surface area contributed by atoms with Crippen molar-refractivity contribution in [2.75, 3.05) is 13.2 Å². The fourth-order valence-electron chi connectivity index (χ4n) is 5.66. The number of carbonyl (C=O) groups is 2. The van der Waals surface area contributed by atoms with Gasteiger partial charge in [0.2, 0.25) is 6.29 Å². The molecule has 4 rings (SSSR count). The van der Waals surface area contributed by atoms with E-state index >= 15 is 0 Å². The molecule has 42 heavy (non-hydrogen) atoms. The fraction of sp³-hybridized carbons (Fsp3) is 0.394. The standard InChI is InChI=1S/C33H40O8Si/c1-24(35)39-29-30(37-21-26-15-9-6-10-16-26)33(22-34,41-31(29)40-25(2)36)23-38-42(32(3,4)5,27-17-11-7-12-18-27)28-19-13-8-14-20-28/h6-20,29-31,34H,21-23H2,1-5H3/t29-,30+,31?,33-/m1/s1. The molecular weight excluding hydrogens is 552 g/mol. The minimum atomic E-state index is -3.07. The summed E-state index contributed by atoms with van der Waals surface area (Å²) in [7, 11) is -3.07. The summed E-state index contributed by atoms with van der Waals surface area (Å²) in [5.41, 5.74) is -0.656. The van der Waals surface area contributed by atoms with Crippen LogP contribution in [0.25, 0.3) is 0 Å². The maximum Gasteiger partial charge on any atom is 0.305 e. The van der Waals surface area contributed by atoms with Crippen LogP contribution in [0.4, 0.5) is 0 Å². The van der Waals surface area contributed by atoms with Crippen LogP contribution in [0.3, 0.4) is 0 Å². The van der Waals surface area contributed by atoms with E-state index in [1.807, 2.05) is 66.7 Å². The molecule has 1 saturated heterocycles. The van der Waals surface area contributed by atoms with E-state index < -0.39 is 51.0 Å². The zero-order valence-corrected chi connectivity index (χ0v) is 25.8. The summed E-state index contributed by atoms with van der Waals surface area (Å²) >= 11 is 0. The molecular formula is C33H40O8Si. The van der Waals surface area contributed by atoms with Crippen molar-refractivity contribution in [2.24, 2.45) is 0 Å². The summed E-state index contributed by atoms with van der Waals surface area (Å²) in [6, 6.07) is 29.6. The van der Waals surface area contributed by atoms with Crippen molar-refractivity contribution in [3.8, 4) is 0 Å². The SMILES string of the molecule is CC(=O)OC1O[C@](CO)(CO[Si](c2ccccc2)(c2ccccc2)C(C)(C)C)[C@@H](OCc2ccccc2)[C@H]1OC(C)=O. The minimum absolute atomic E-state index is 0.119. The molecule has 0 bridgehead atoms. The van der Waals surface area contributed by atoms with Crippen molar-refractivity contribution < 1.29 is 38.1 Å². The first kappa shape index (κ1) is 31.6. The minimum Gasteiger partial charge on any atom is -0.453 e. The molecule has 0 aromatic heterocycles. The van der Waals surface area contributed by atoms with Gasteiger partial charge in [0.1, 0.15) is 11.7 Å². The van der Waals surface area contributed by atoms with Crippen LogP contribution >= 0.6 is 0 Å². The zero-order valence-electron chi connectivity index (χ0n) is 24.8. The second-order valence-corrected chi connectivity index (χ2v) is 15.9. The molecule has 0 saturated carbocycles. The first-order valence-electron chi connectivity index (χ1n) is 14.1. The highest BCUT2D eigenvalue weighted by Gasteiger charge is 2.61. The van der Waals surface area contributed by atoms with Crippen molar-refractivity contribution in [1.29, 1.82) is 0 Å². The van der Waals surface area contributed by atoms with E-state index in [0.29, 0.717) is 0 Å². The number of carbonyl (C=O) groups excluding carboxylic acids is 2. The summed E-state index contributed by atoms with van der Waals surface area (Å²) in [4.78, 5) is 24.3. The van der Waals surface area contributed by atoms with Gasteiger partial charge in [0.15, 0.2) is 6.10 Å². The Morgan fingerprint density at radius 2 is 1.33 bits per heavy atom. The van der Waals surface area contributed by atoms with Crippen LogP contribution in [-0.4, -0.2) is 62.7 Å². The average molecular weight is 593 g/mol. The van der Waals surface area contributed by atoms with Crippen LogP contribution in [0.15, 0.2) is 91.0 Å². The van der Waals surface area contributed by atoms with Crippen molar-refractivity contribution in [1.82, 2.24) is 0 Å². The van der Waals surface area contributed by atoms with Gasteiger partial charge in [-0.15, -0.1) is 0 Å². The van der Waals surface area contributed by atoms with E-state index in [4.69, 9.17) is 23.4 Å². The number of hydrogen-bond donors (Lipinski definition) is 1. The lowest BCUT2D eigenvalue weighted by molar-refractivity contribution is -0.213. The second kappa shape index (κ2) is 13.3. The van der Waals surface area contributed by atoms with Crippen LogP contribution < -0.4 is 10.4 Å². The van der Waals surface area contributed by atoms with E-state index in [2.05, 4.69) is 45.0 Å². The maximum atomic E-state index is 12.2. The molecule has 0 radical (unpaired) electrons. The van der Waals surface area contributed by atoms with Gasteiger partial charge in [-0.3, -0.25) is 9.59 Å². The van der Waals surface area contributed by atoms with Crippen LogP contribution in [0.2, 0.25) is 5.04 Å². The summed E-state index contributed by atoms with van der Waals surface area (Å²) in [6.07, 6.45) is -3.46. The summed E-state index contributed by atoms with van der Waals surface area (Å²) in [6.45, 7) is 8.42. The van der Waals surface area contributed by atoms with Gasteiger partial charge in [0.25, 0.3) is 8.32 Å². The molecule has 0 aliphatic carbocycles. The highest BCUT2D eigenvalue weighted by atomic mass is 28.4. The van der Waals surface area contributed by atoms with Crippen molar-refractivity contribution in [3.63, 3.8) is 0 Å².